The minimum Gasteiger partial charge on any atom is -0.468 e. The summed E-state index contributed by atoms with van der Waals surface area (Å²) < 4.78 is 4.73. The number of hydrogen-bond acceptors (Lipinski definition) is 5. The highest BCUT2D eigenvalue weighted by molar-refractivity contribution is 6.04. The van der Waals surface area contributed by atoms with Gasteiger partial charge < -0.3 is 4.74 Å². The molecule has 0 saturated heterocycles. The third-order valence-electron chi connectivity index (χ3n) is 3.44. The van der Waals surface area contributed by atoms with E-state index in [2.05, 4.69) is 0 Å². The minimum absolute atomic E-state index is 0.0617. The summed E-state index contributed by atoms with van der Waals surface area (Å²) in [6.45, 7) is 4.84. The number of carbonyl (C=O) groups excluding carboxylic acids is 2. The fourth-order valence-corrected chi connectivity index (χ4v) is 2.34. The van der Waals surface area contributed by atoms with E-state index < -0.39 is 16.3 Å². The molecule has 1 aromatic carbocycles. The van der Waals surface area contributed by atoms with Crippen LogP contribution in [0.3, 0.4) is 0 Å². The molecular formula is C15H19NO5. The van der Waals surface area contributed by atoms with Crippen molar-refractivity contribution < 1.29 is 19.2 Å². The van der Waals surface area contributed by atoms with Gasteiger partial charge in [0.25, 0.3) is 5.69 Å². The number of para-hydroxylation sites is 1. The molecule has 1 atom stereocenters. The Morgan fingerprint density at radius 3 is 2.38 bits per heavy atom. The van der Waals surface area contributed by atoms with E-state index in [9.17, 15) is 19.7 Å². The number of esters is 1. The van der Waals surface area contributed by atoms with Crippen molar-refractivity contribution in [3.8, 4) is 0 Å². The van der Waals surface area contributed by atoms with E-state index in [1.54, 1.807) is 32.0 Å². The van der Waals surface area contributed by atoms with Crippen molar-refractivity contribution in [2.24, 2.45) is 11.3 Å². The van der Waals surface area contributed by atoms with Crippen LogP contribution in [-0.4, -0.2) is 23.8 Å². The quantitative estimate of drug-likeness (QED) is 0.348. The van der Waals surface area contributed by atoms with E-state index in [1.165, 1.54) is 20.1 Å². The molecule has 6 nitrogen and oxygen atoms in total. The Morgan fingerprint density at radius 1 is 1.33 bits per heavy atom. The monoisotopic (exact) mass is 293 g/mol. The van der Waals surface area contributed by atoms with Gasteiger partial charge in [-0.15, -0.1) is 0 Å². The summed E-state index contributed by atoms with van der Waals surface area (Å²) in [7, 11) is 1.20. The van der Waals surface area contributed by atoms with Crippen LogP contribution in [0.2, 0.25) is 0 Å². The topological polar surface area (TPSA) is 86.5 Å². The predicted molar refractivity (Wildman–Crippen MR) is 76.8 cm³/mol. The van der Waals surface area contributed by atoms with Gasteiger partial charge in [-0.05, 0) is 6.92 Å². The molecule has 0 amide bonds. The van der Waals surface area contributed by atoms with Crippen molar-refractivity contribution in [1.29, 1.82) is 0 Å². The lowest BCUT2D eigenvalue weighted by Crippen LogP contribution is -2.42. The van der Waals surface area contributed by atoms with Crippen LogP contribution in [0.15, 0.2) is 24.3 Å². The van der Waals surface area contributed by atoms with E-state index in [0.717, 1.165) is 0 Å². The van der Waals surface area contributed by atoms with Crippen LogP contribution in [0.25, 0.3) is 0 Å². The highest BCUT2D eigenvalue weighted by Crippen LogP contribution is 2.32. The van der Waals surface area contributed by atoms with Crippen LogP contribution in [0.4, 0.5) is 5.69 Å². The molecule has 0 heterocycles. The molecule has 1 rings (SSSR count). The van der Waals surface area contributed by atoms with Gasteiger partial charge in [-0.2, -0.15) is 0 Å². The number of nitro groups is 1. The van der Waals surface area contributed by atoms with Crippen molar-refractivity contribution in [2.45, 2.75) is 27.2 Å². The molecule has 114 valence electrons. The number of benzene rings is 1. The average Bonchev–Trinajstić information content (AvgIpc) is 2.45. The molecule has 0 fully saturated rings. The summed E-state index contributed by atoms with van der Waals surface area (Å²) in [4.78, 5) is 35.0. The third-order valence-corrected chi connectivity index (χ3v) is 3.44. The molecule has 0 aliphatic rings. The van der Waals surface area contributed by atoms with E-state index in [0.29, 0.717) is 5.56 Å². The van der Waals surface area contributed by atoms with Gasteiger partial charge in [0.15, 0.2) is 5.78 Å². The van der Waals surface area contributed by atoms with Crippen molar-refractivity contribution in [1.82, 2.24) is 0 Å². The summed E-state index contributed by atoms with van der Waals surface area (Å²) in [6.07, 6.45) is -0.0617. The first-order valence-electron chi connectivity index (χ1n) is 6.59. The van der Waals surface area contributed by atoms with Gasteiger partial charge in [0.05, 0.1) is 12.0 Å². The molecule has 0 radical (unpaired) electrons. The highest BCUT2D eigenvalue weighted by Gasteiger charge is 2.44. The molecule has 1 unspecified atom stereocenters. The molecular weight excluding hydrogens is 274 g/mol. The van der Waals surface area contributed by atoms with Crippen LogP contribution < -0.4 is 0 Å². The van der Waals surface area contributed by atoms with E-state index in [-0.39, 0.29) is 23.8 Å². The lowest BCUT2D eigenvalue weighted by atomic mass is 9.75. The Kier molecular flexibility index (Phi) is 5.18. The van der Waals surface area contributed by atoms with Crippen molar-refractivity contribution >= 4 is 17.4 Å². The Balaban J connectivity index is 3.29. The zero-order chi connectivity index (χ0) is 16.2. The van der Waals surface area contributed by atoms with Crippen molar-refractivity contribution in [3.05, 3.63) is 39.9 Å². The van der Waals surface area contributed by atoms with E-state index >= 15 is 0 Å². The van der Waals surface area contributed by atoms with E-state index in [4.69, 9.17) is 4.74 Å². The number of ketones is 1. The van der Waals surface area contributed by atoms with Gasteiger partial charge >= 0.3 is 5.97 Å². The average molecular weight is 293 g/mol. The van der Waals surface area contributed by atoms with Crippen LogP contribution in [-0.2, 0) is 20.7 Å². The Labute approximate surface area is 123 Å². The van der Waals surface area contributed by atoms with E-state index in [1.807, 2.05) is 0 Å². The number of nitro benzene ring substituents is 1. The SMILES string of the molecule is COC(=O)C(C)(Cc1ccccc1[N+](=O)[O-])C(=O)C(C)C. The standard InChI is InChI=1S/C15H19NO5/c1-10(2)13(17)15(3,14(18)21-4)9-11-7-5-6-8-12(11)16(19)20/h5-8,10H,9H2,1-4H3. The van der Waals surface area contributed by atoms with Gasteiger partial charge in [0.1, 0.15) is 5.41 Å². The fourth-order valence-electron chi connectivity index (χ4n) is 2.34. The summed E-state index contributed by atoms with van der Waals surface area (Å²) in [5.74, 6) is -1.36. The lowest BCUT2D eigenvalue weighted by Gasteiger charge is -2.26. The Morgan fingerprint density at radius 2 is 1.90 bits per heavy atom. The summed E-state index contributed by atoms with van der Waals surface area (Å²) in [6, 6.07) is 6.08. The normalized spacial score (nSPS) is 13.6. The predicted octanol–water partition coefficient (Wildman–Crippen LogP) is 2.54. The molecule has 0 saturated carbocycles. The molecule has 21 heavy (non-hydrogen) atoms. The summed E-state index contributed by atoms with van der Waals surface area (Å²) in [5, 5.41) is 11.1. The van der Waals surface area contributed by atoms with Gasteiger partial charge in [-0.25, -0.2) is 0 Å². The third kappa shape index (κ3) is 3.45. The first kappa shape index (κ1) is 16.8. The van der Waals surface area contributed by atoms with Gasteiger partial charge in [-0.3, -0.25) is 19.7 Å². The van der Waals surface area contributed by atoms with Crippen LogP contribution >= 0.6 is 0 Å². The minimum atomic E-state index is -1.44. The summed E-state index contributed by atoms with van der Waals surface area (Å²) in [5.41, 5.74) is -1.21. The van der Waals surface area contributed by atoms with Crippen molar-refractivity contribution in [2.75, 3.05) is 7.11 Å². The molecule has 0 bridgehead atoms. The Bertz CT molecular complexity index is 567. The number of nitrogens with zero attached hydrogens (tertiary/aromatic N) is 1. The maximum atomic E-state index is 12.4. The van der Waals surface area contributed by atoms with Crippen LogP contribution in [0.1, 0.15) is 26.3 Å². The Hall–Kier alpha value is -2.24. The molecule has 6 heteroatoms. The zero-order valence-corrected chi connectivity index (χ0v) is 12.6. The fraction of sp³-hybridized carbons (Fsp3) is 0.467. The molecule has 0 aliphatic heterocycles. The number of carbonyl (C=O) groups is 2. The second-order valence-corrected chi connectivity index (χ2v) is 5.41. The molecule has 0 aliphatic carbocycles. The van der Waals surface area contributed by atoms with Gasteiger partial charge in [-0.1, -0.05) is 32.0 Å². The van der Waals surface area contributed by atoms with Crippen LogP contribution in [0, 0.1) is 21.4 Å². The van der Waals surface area contributed by atoms with Gasteiger partial charge in [0, 0.05) is 24.0 Å². The van der Waals surface area contributed by atoms with Crippen LogP contribution in [0.5, 0.6) is 0 Å². The smallest absolute Gasteiger partial charge is 0.319 e. The zero-order valence-electron chi connectivity index (χ0n) is 12.6. The second-order valence-electron chi connectivity index (χ2n) is 5.41. The maximum Gasteiger partial charge on any atom is 0.319 e. The molecule has 0 N–H and O–H groups in total. The lowest BCUT2D eigenvalue weighted by molar-refractivity contribution is -0.385. The number of Topliss-reactive ketones (excluding diaryl/α,β-unsaturated/α-hetero) is 1. The molecule has 1 aromatic rings. The number of hydrogen-bond donors (Lipinski definition) is 0. The number of ether oxygens (including phenoxy) is 1. The molecule has 0 aromatic heterocycles. The second kappa shape index (κ2) is 6.47. The summed E-state index contributed by atoms with van der Waals surface area (Å²) >= 11 is 0. The molecule has 0 spiro atoms. The number of methoxy groups -OCH3 is 1. The maximum absolute atomic E-state index is 12.4. The first-order chi connectivity index (χ1) is 9.74. The first-order valence-corrected chi connectivity index (χ1v) is 6.59. The largest absolute Gasteiger partial charge is 0.468 e. The highest BCUT2D eigenvalue weighted by atomic mass is 16.6. The van der Waals surface area contributed by atoms with Crippen molar-refractivity contribution in [3.63, 3.8) is 0 Å². The number of rotatable bonds is 6. The van der Waals surface area contributed by atoms with Gasteiger partial charge in [0.2, 0.25) is 0 Å².